The minimum absolute atomic E-state index is 0.0574. The van der Waals surface area contributed by atoms with Crippen LogP contribution in [-0.2, 0) is 11.3 Å². The molecule has 5 nitrogen and oxygen atoms in total. The fourth-order valence-electron chi connectivity index (χ4n) is 2.78. The number of carbonyl (C=O) groups excluding carboxylic acids is 1. The van der Waals surface area contributed by atoms with Crippen LogP contribution in [0.4, 0.5) is 0 Å². The number of rotatable bonds is 9. The number of hydrogen-bond acceptors (Lipinski definition) is 3. The van der Waals surface area contributed by atoms with Gasteiger partial charge in [-0.3, -0.25) is 14.5 Å². The first kappa shape index (κ1) is 19.4. The number of aromatic nitrogens is 3. The zero-order valence-corrected chi connectivity index (χ0v) is 16.2. The Morgan fingerprint density at radius 3 is 2.72 bits per heavy atom. The Bertz CT molecular complexity index is 733. The molecular formula is C19H28N4OS. The van der Waals surface area contributed by atoms with Crippen molar-refractivity contribution in [3.05, 3.63) is 34.6 Å². The average molecular weight is 361 g/mol. The predicted molar refractivity (Wildman–Crippen MR) is 104 cm³/mol. The summed E-state index contributed by atoms with van der Waals surface area (Å²) >= 11 is 5.32. The molecule has 1 unspecified atom stereocenters. The summed E-state index contributed by atoms with van der Waals surface area (Å²) < 4.78 is 2.43. The van der Waals surface area contributed by atoms with Gasteiger partial charge in [-0.05, 0) is 32.5 Å². The molecule has 1 amide bonds. The van der Waals surface area contributed by atoms with Gasteiger partial charge in [-0.25, -0.2) is 0 Å². The number of carbonyl (C=O) groups is 1. The van der Waals surface area contributed by atoms with Gasteiger partial charge in [-0.15, -0.1) is 0 Å². The lowest BCUT2D eigenvalue weighted by Crippen LogP contribution is -2.33. The van der Waals surface area contributed by atoms with Gasteiger partial charge in [-0.1, -0.05) is 56.0 Å². The number of aryl methyl sites for hydroxylation is 1. The summed E-state index contributed by atoms with van der Waals surface area (Å²) in [6.07, 6.45) is 4.98. The largest absolute Gasteiger partial charge is 0.354 e. The van der Waals surface area contributed by atoms with E-state index in [0.717, 1.165) is 24.2 Å². The van der Waals surface area contributed by atoms with Gasteiger partial charge < -0.3 is 5.32 Å². The Labute approximate surface area is 154 Å². The average Bonchev–Trinajstić information content (AvgIpc) is 2.94. The summed E-state index contributed by atoms with van der Waals surface area (Å²) in [6.45, 7) is 6.82. The Balaban J connectivity index is 1.95. The van der Waals surface area contributed by atoms with Crippen molar-refractivity contribution in [2.24, 2.45) is 0 Å². The van der Waals surface area contributed by atoms with Gasteiger partial charge in [0.2, 0.25) is 5.91 Å². The van der Waals surface area contributed by atoms with E-state index in [2.05, 4.69) is 29.4 Å². The SMILES string of the molecule is CCCCCC(C)NC(=O)CCn1c(-c2ccc(C)cc2)n[nH]c1=S. The van der Waals surface area contributed by atoms with E-state index < -0.39 is 0 Å². The number of H-pyrrole nitrogens is 1. The van der Waals surface area contributed by atoms with Crippen molar-refractivity contribution in [2.75, 3.05) is 0 Å². The van der Waals surface area contributed by atoms with Gasteiger partial charge in [0.05, 0.1) is 0 Å². The van der Waals surface area contributed by atoms with Crippen molar-refractivity contribution in [3.8, 4) is 11.4 Å². The van der Waals surface area contributed by atoms with Crippen LogP contribution in [0.25, 0.3) is 11.4 Å². The minimum atomic E-state index is 0.0574. The molecule has 1 heterocycles. The molecule has 1 atom stereocenters. The molecule has 0 saturated carbocycles. The van der Waals surface area contributed by atoms with E-state index in [4.69, 9.17) is 12.2 Å². The third kappa shape index (κ3) is 5.81. The molecule has 25 heavy (non-hydrogen) atoms. The Kier molecular flexibility index (Phi) is 7.37. The lowest BCUT2D eigenvalue weighted by Gasteiger charge is -2.14. The second-order valence-electron chi connectivity index (χ2n) is 6.58. The molecule has 0 fully saturated rings. The maximum absolute atomic E-state index is 12.2. The molecule has 2 N–H and O–H groups in total. The van der Waals surface area contributed by atoms with E-state index in [1.54, 1.807) is 0 Å². The number of amides is 1. The molecule has 2 aromatic rings. The van der Waals surface area contributed by atoms with E-state index in [0.29, 0.717) is 17.7 Å². The molecule has 6 heteroatoms. The molecule has 0 aliphatic rings. The maximum Gasteiger partial charge on any atom is 0.222 e. The summed E-state index contributed by atoms with van der Waals surface area (Å²) in [7, 11) is 0. The summed E-state index contributed by atoms with van der Waals surface area (Å²) in [4.78, 5) is 12.2. The van der Waals surface area contributed by atoms with Crippen molar-refractivity contribution in [3.63, 3.8) is 0 Å². The van der Waals surface area contributed by atoms with Crippen LogP contribution in [0.15, 0.2) is 24.3 Å². The molecule has 0 aliphatic heterocycles. The van der Waals surface area contributed by atoms with Gasteiger partial charge in [0.15, 0.2) is 10.6 Å². The first-order chi connectivity index (χ1) is 12.0. The van der Waals surface area contributed by atoms with Crippen LogP contribution in [-0.4, -0.2) is 26.7 Å². The Hall–Kier alpha value is -1.95. The normalized spacial score (nSPS) is 12.1. The molecule has 0 spiro atoms. The molecule has 1 aromatic heterocycles. The van der Waals surface area contributed by atoms with Crippen molar-refractivity contribution in [1.82, 2.24) is 20.1 Å². The number of benzene rings is 1. The number of unbranched alkanes of at least 4 members (excludes halogenated alkanes) is 2. The van der Waals surface area contributed by atoms with Gasteiger partial charge in [0, 0.05) is 24.6 Å². The van der Waals surface area contributed by atoms with Crippen LogP contribution in [0.1, 0.15) is 51.5 Å². The Morgan fingerprint density at radius 1 is 1.32 bits per heavy atom. The summed E-state index contributed by atoms with van der Waals surface area (Å²) in [6, 6.07) is 8.34. The van der Waals surface area contributed by atoms with Crippen molar-refractivity contribution in [1.29, 1.82) is 0 Å². The van der Waals surface area contributed by atoms with Crippen molar-refractivity contribution in [2.45, 2.75) is 65.5 Å². The monoisotopic (exact) mass is 360 g/mol. The maximum atomic E-state index is 12.2. The van der Waals surface area contributed by atoms with Gasteiger partial charge in [-0.2, -0.15) is 5.10 Å². The molecule has 0 saturated heterocycles. The van der Waals surface area contributed by atoms with Crippen LogP contribution in [0.3, 0.4) is 0 Å². The lowest BCUT2D eigenvalue weighted by molar-refractivity contribution is -0.121. The first-order valence-electron chi connectivity index (χ1n) is 9.03. The highest BCUT2D eigenvalue weighted by Gasteiger charge is 2.12. The molecule has 2 rings (SSSR count). The predicted octanol–water partition coefficient (Wildman–Crippen LogP) is 4.39. The van der Waals surface area contributed by atoms with E-state index >= 15 is 0 Å². The van der Waals surface area contributed by atoms with Crippen LogP contribution in [0.5, 0.6) is 0 Å². The zero-order valence-electron chi connectivity index (χ0n) is 15.3. The van der Waals surface area contributed by atoms with Crippen LogP contribution in [0, 0.1) is 11.7 Å². The summed E-state index contributed by atoms with van der Waals surface area (Å²) in [5, 5.41) is 10.2. The number of nitrogens with zero attached hydrogens (tertiary/aromatic N) is 2. The molecule has 0 bridgehead atoms. The molecule has 0 radical (unpaired) electrons. The quantitative estimate of drug-likeness (QED) is 0.515. The number of aromatic amines is 1. The van der Waals surface area contributed by atoms with Crippen molar-refractivity contribution >= 4 is 18.1 Å². The number of nitrogens with one attached hydrogen (secondary N) is 2. The van der Waals surface area contributed by atoms with E-state index in [1.807, 2.05) is 35.8 Å². The van der Waals surface area contributed by atoms with Crippen LogP contribution >= 0.6 is 12.2 Å². The third-order valence-electron chi connectivity index (χ3n) is 4.28. The molecule has 1 aromatic carbocycles. The Morgan fingerprint density at radius 2 is 2.04 bits per heavy atom. The second-order valence-corrected chi connectivity index (χ2v) is 6.97. The highest BCUT2D eigenvalue weighted by molar-refractivity contribution is 7.71. The van der Waals surface area contributed by atoms with Crippen molar-refractivity contribution < 1.29 is 4.79 Å². The second kappa shape index (κ2) is 9.51. The molecule has 136 valence electrons. The topological polar surface area (TPSA) is 62.7 Å². The molecular weight excluding hydrogens is 332 g/mol. The smallest absolute Gasteiger partial charge is 0.222 e. The van der Waals surface area contributed by atoms with Gasteiger partial charge in [0.25, 0.3) is 0 Å². The summed E-state index contributed by atoms with van der Waals surface area (Å²) in [5.74, 6) is 0.829. The fourth-order valence-corrected chi connectivity index (χ4v) is 3.00. The van der Waals surface area contributed by atoms with E-state index in [-0.39, 0.29) is 11.9 Å². The zero-order chi connectivity index (χ0) is 18.2. The van der Waals surface area contributed by atoms with Gasteiger partial charge in [0.1, 0.15) is 0 Å². The van der Waals surface area contributed by atoms with Crippen LogP contribution < -0.4 is 5.32 Å². The van der Waals surface area contributed by atoms with E-state index in [9.17, 15) is 4.79 Å². The van der Waals surface area contributed by atoms with E-state index in [1.165, 1.54) is 18.4 Å². The lowest BCUT2D eigenvalue weighted by atomic mass is 10.1. The van der Waals surface area contributed by atoms with Crippen LogP contribution in [0.2, 0.25) is 0 Å². The first-order valence-corrected chi connectivity index (χ1v) is 9.43. The highest BCUT2D eigenvalue weighted by atomic mass is 32.1. The number of hydrogen-bond donors (Lipinski definition) is 2. The standard InChI is InChI=1S/C19H28N4OS/c1-4-5-6-7-15(3)20-17(24)12-13-23-18(21-22-19(23)25)16-10-8-14(2)9-11-16/h8-11,15H,4-7,12-13H2,1-3H3,(H,20,24)(H,22,25). The minimum Gasteiger partial charge on any atom is -0.354 e. The highest BCUT2D eigenvalue weighted by Crippen LogP contribution is 2.18. The fraction of sp³-hybridized carbons (Fsp3) is 0.526. The van der Waals surface area contributed by atoms with Gasteiger partial charge >= 0.3 is 0 Å². The molecule has 0 aliphatic carbocycles. The third-order valence-corrected chi connectivity index (χ3v) is 4.59. The summed E-state index contributed by atoms with van der Waals surface area (Å²) in [5.41, 5.74) is 2.19.